The molecule has 0 aliphatic carbocycles. The predicted octanol–water partition coefficient (Wildman–Crippen LogP) is 2.63. The van der Waals surface area contributed by atoms with E-state index in [0.29, 0.717) is 13.1 Å². The van der Waals surface area contributed by atoms with Crippen molar-refractivity contribution in [1.29, 1.82) is 0 Å². The summed E-state index contributed by atoms with van der Waals surface area (Å²) < 4.78 is 3.27. The largest absolute Gasteiger partial charge is 0.478 e. The van der Waals surface area contributed by atoms with E-state index in [4.69, 9.17) is 5.11 Å². The number of rotatable bonds is 9. The highest BCUT2D eigenvalue weighted by Crippen LogP contribution is 2.15. The molecule has 2 aromatic heterocycles. The number of aromatic carboxylic acids is 1. The molecule has 2 heterocycles. The Morgan fingerprint density at radius 1 is 1.17 bits per heavy atom. The Morgan fingerprint density at radius 3 is 2.59 bits per heavy atom. The maximum Gasteiger partial charge on any atom is 0.338 e. The number of carbonyl (C=O) groups excluding carboxylic acids is 1. The molecule has 3 rings (SSSR count). The van der Waals surface area contributed by atoms with E-state index >= 15 is 0 Å². The standard InChI is InChI=1S/C21H25N5O3/c1-3-25-19(9-11-22-25)15-24(12-10-17-7-5-4-6-8-17)20(27)16(2)26-14-18(13-23-26)21(28)29/h4-9,11,13-14,16H,3,10,12,15H2,1-2H3,(H,28,29). The van der Waals surface area contributed by atoms with Crippen LogP contribution in [0.1, 0.15) is 41.5 Å². The third-order valence-corrected chi connectivity index (χ3v) is 4.88. The molecule has 0 fully saturated rings. The average molecular weight is 395 g/mol. The number of hydrogen-bond donors (Lipinski definition) is 1. The van der Waals surface area contributed by atoms with Crippen LogP contribution in [0.15, 0.2) is 55.0 Å². The van der Waals surface area contributed by atoms with Gasteiger partial charge in [0.1, 0.15) is 6.04 Å². The molecule has 29 heavy (non-hydrogen) atoms. The van der Waals surface area contributed by atoms with Gasteiger partial charge in [-0.15, -0.1) is 0 Å². The second-order valence-corrected chi connectivity index (χ2v) is 6.82. The summed E-state index contributed by atoms with van der Waals surface area (Å²) in [6.07, 6.45) is 5.09. The number of aryl methyl sites for hydroxylation is 1. The minimum atomic E-state index is -1.07. The minimum Gasteiger partial charge on any atom is -0.478 e. The lowest BCUT2D eigenvalue weighted by molar-refractivity contribution is -0.135. The number of carboxylic acid groups (broad SMARTS) is 1. The molecule has 1 amide bonds. The molecular weight excluding hydrogens is 370 g/mol. The molecule has 1 unspecified atom stereocenters. The highest BCUT2D eigenvalue weighted by molar-refractivity contribution is 5.87. The van der Waals surface area contributed by atoms with Gasteiger partial charge in [0.05, 0.1) is 24.0 Å². The monoisotopic (exact) mass is 395 g/mol. The summed E-state index contributed by atoms with van der Waals surface area (Å²) in [4.78, 5) is 26.2. The molecule has 0 saturated carbocycles. The van der Waals surface area contributed by atoms with Crippen LogP contribution in [-0.2, 0) is 24.3 Å². The van der Waals surface area contributed by atoms with Crippen LogP contribution >= 0.6 is 0 Å². The van der Waals surface area contributed by atoms with Crippen LogP contribution in [0.4, 0.5) is 0 Å². The van der Waals surface area contributed by atoms with Gasteiger partial charge in [-0.1, -0.05) is 30.3 Å². The van der Waals surface area contributed by atoms with E-state index in [1.165, 1.54) is 17.1 Å². The van der Waals surface area contributed by atoms with Gasteiger partial charge in [0.15, 0.2) is 0 Å². The first-order valence-corrected chi connectivity index (χ1v) is 9.60. The van der Waals surface area contributed by atoms with E-state index in [9.17, 15) is 9.59 Å². The van der Waals surface area contributed by atoms with Crippen LogP contribution in [-0.4, -0.2) is 48.0 Å². The summed E-state index contributed by atoms with van der Waals surface area (Å²) in [5.41, 5.74) is 2.16. The Balaban J connectivity index is 1.79. The van der Waals surface area contributed by atoms with Crippen molar-refractivity contribution in [3.63, 3.8) is 0 Å². The zero-order valence-electron chi connectivity index (χ0n) is 16.6. The fraction of sp³-hybridized carbons (Fsp3) is 0.333. The first-order chi connectivity index (χ1) is 14.0. The Bertz CT molecular complexity index is 964. The fourth-order valence-corrected chi connectivity index (χ4v) is 3.19. The number of carbonyl (C=O) groups is 2. The Kier molecular flexibility index (Phi) is 6.43. The van der Waals surface area contributed by atoms with Gasteiger partial charge in [-0.2, -0.15) is 10.2 Å². The van der Waals surface area contributed by atoms with Crippen LogP contribution < -0.4 is 0 Å². The lowest BCUT2D eigenvalue weighted by Gasteiger charge is -2.26. The van der Waals surface area contributed by atoms with Crippen LogP contribution in [0.5, 0.6) is 0 Å². The molecule has 0 bridgehead atoms. The Morgan fingerprint density at radius 2 is 1.93 bits per heavy atom. The second kappa shape index (κ2) is 9.18. The minimum absolute atomic E-state index is 0.0598. The van der Waals surface area contributed by atoms with Gasteiger partial charge in [0.2, 0.25) is 5.91 Å². The Labute approximate surface area is 169 Å². The number of aromatic nitrogens is 4. The molecule has 152 valence electrons. The van der Waals surface area contributed by atoms with E-state index in [0.717, 1.165) is 24.2 Å². The SMILES string of the molecule is CCn1nccc1CN(CCc1ccccc1)C(=O)C(C)n1cc(C(=O)O)cn1. The van der Waals surface area contributed by atoms with Gasteiger partial charge in [0.25, 0.3) is 0 Å². The van der Waals surface area contributed by atoms with Gasteiger partial charge in [-0.3, -0.25) is 14.2 Å². The van der Waals surface area contributed by atoms with Crippen molar-refractivity contribution in [1.82, 2.24) is 24.5 Å². The first kappa shape index (κ1) is 20.3. The van der Waals surface area contributed by atoms with Crippen LogP contribution in [0.25, 0.3) is 0 Å². The third kappa shape index (κ3) is 4.90. The van der Waals surface area contributed by atoms with E-state index in [1.54, 1.807) is 18.0 Å². The molecule has 8 nitrogen and oxygen atoms in total. The normalized spacial score (nSPS) is 11.9. The van der Waals surface area contributed by atoms with E-state index < -0.39 is 12.0 Å². The fourth-order valence-electron chi connectivity index (χ4n) is 3.19. The summed E-state index contributed by atoms with van der Waals surface area (Å²) in [6, 6.07) is 11.3. The molecule has 1 atom stereocenters. The summed E-state index contributed by atoms with van der Waals surface area (Å²) >= 11 is 0. The summed E-state index contributed by atoms with van der Waals surface area (Å²) in [5.74, 6) is -1.19. The van der Waals surface area contributed by atoms with Crippen molar-refractivity contribution in [2.75, 3.05) is 6.54 Å². The van der Waals surface area contributed by atoms with Crippen molar-refractivity contribution in [3.8, 4) is 0 Å². The number of benzene rings is 1. The zero-order chi connectivity index (χ0) is 20.8. The van der Waals surface area contributed by atoms with Crippen LogP contribution in [0.3, 0.4) is 0 Å². The number of hydrogen-bond acceptors (Lipinski definition) is 4. The molecule has 0 saturated heterocycles. The van der Waals surface area contributed by atoms with E-state index in [1.807, 2.05) is 48.0 Å². The van der Waals surface area contributed by atoms with Gasteiger partial charge in [0, 0.05) is 25.5 Å². The molecule has 0 aliphatic heterocycles. The van der Waals surface area contributed by atoms with Gasteiger partial charge in [-0.25, -0.2) is 4.79 Å². The topological polar surface area (TPSA) is 93.2 Å². The summed E-state index contributed by atoms with van der Waals surface area (Å²) in [5, 5.41) is 17.5. The molecule has 0 radical (unpaired) electrons. The molecule has 0 aliphatic rings. The molecule has 0 spiro atoms. The average Bonchev–Trinajstić information content (AvgIpc) is 3.40. The van der Waals surface area contributed by atoms with Crippen LogP contribution in [0.2, 0.25) is 0 Å². The van der Waals surface area contributed by atoms with Gasteiger partial charge < -0.3 is 10.0 Å². The van der Waals surface area contributed by atoms with Crippen LogP contribution in [0, 0.1) is 0 Å². The molecule has 1 N–H and O–H groups in total. The highest BCUT2D eigenvalue weighted by Gasteiger charge is 2.24. The number of carboxylic acids is 1. The maximum atomic E-state index is 13.3. The van der Waals surface area contributed by atoms with E-state index in [2.05, 4.69) is 10.2 Å². The van der Waals surface area contributed by atoms with Crippen molar-refractivity contribution < 1.29 is 14.7 Å². The number of nitrogens with zero attached hydrogens (tertiary/aromatic N) is 5. The van der Waals surface area contributed by atoms with Crippen molar-refractivity contribution in [3.05, 3.63) is 71.8 Å². The molecule has 8 heteroatoms. The summed E-state index contributed by atoms with van der Waals surface area (Å²) in [7, 11) is 0. The van der Waals surface area contributed by atoms with Crippen molar-refractivity contribution in [2.45, 2.75) is 39.4 Å². The van der Waals surface area contributed by atoms with E-state index in [-0.39, 0.29) is 11.5 Å². The molecule has 1 aromatic carbocycles. The second-order valence-electron chi connectivity index (χ2n) is 6.82. The third-order valence-electron chi connectivity index (χ3n) is 4.88. The quantitative estimate of drug-likeness (QED) is 0.601. The molecule has 3 aromatic rings. The maximum absolute atomic E-state index is 13.3. The van der Waals surface area contributed by atoms with Crippen molar-refractivity contribution in [2.24, 2.45) is 0 Å². The number of amides is 1. The summed E-state index contributed by atoms with van der Waals surface area (Å²) in [6.45, 7) is 5.42. The van der Waals surface area contributed by atoms with Gasteiger partial charge in [-0.05, 0) is 31.9 Å². The highest BCUT2D eigenvalue weighted by atomic mass is 16.4. The lowest BCUT2D eigenvalue weighted by Crippen LogP contribution is -2.38. The molecular formula is C21H25N5O3. The smallest absolute Gasteiger partial charge is 0.338 e. The zero-order valence-corrected chi connectivity index (χ0v) is 16.6. The van der Waals surface area contributed by atoms with Gasteiger partial charge >= 0.3 is 5.97 Å². The first-order valence-electron chi connectivity index (χ1n) is 9.60. The predicted molar refractivity (Wildman–Crippen MR) is 107 cm³/mol. The van der Waals surface area contributed by atoms with Crippen molar-refractivity contribution >= 4 is 11.9 Å². The Hall–Kier alpha value is -3.42. The lowest BCUT2D eigenvalue weighted by atomic mass is 10.1.